The van der Waals surface area contributed by atoms with Crippen LogP contribution in [0.4, 0.5) is 19.0 Å². The summed E-state index contributed by atoms with van der Waals surface area (Å²) in [6.45, 7) is 5.55. The first-order chi connectivity index (χ1) is 8.57. The van der Waals surface area contributed by atoms with Crippen molar-refractivity contribution in [2.45, 2.75) is 39.0 Å². The van der Waals surface area contributed by atoms with Crippen LogP contribution in [-0.4, -0.2) is 35.5 Å². The zero-order valence-corrected chi connectivity index (χ0v) is 11.5. The van der Waals surface area contributed by atoms with Gasteiger partial charge in [-0.2, -0.15) is 18.3 Å². The summed E-state index contributed by atoms with van der Waals surface area (Å²) >= 11 is 0. The minimum atomic E-state index is -4.25. The first kappa shape index (κ1) is 15.7. The first-order valence-corrected chi connectivity index (χ1v) is 5.92. The van der Waals surface area contributed by atoms with Crippen molar-refractivity contribution in [2.75, 3.05) is 18.5 Å². The number of hydrogen-bond donors (Lipinski definition) is 1. The van der Waals surface area contributed by atoms with Gasteiger partial charge in [0.05, 0.1) is 5.69 Å². The Labute approximate surface area is 111 Å². The summed E-state index contributed by atoms with van der Waals surface area (Å²) in [6, 6.07) is 3.21. The summed E-state index contributed by atoms with van der Waals surface area (Å²) in [7, 11) is 1.34. The van der Waals surface area contributed by atoms with Crippen LogP contribution in [0.5, 0.6) is 0 Å². The van der Waals surface area contributed by atoms with Crippen LogP contribution in [0.1, 0.15) is 26.5 Å². The van der Waals surface area contributed by atoms with Gasteiger partial charge in [0.15, 0.2) is 5.82 Å². The van der Waals surface area contributed by atoms with E-state index in [-0.39, 0.29) is 11.4 Å². The second kappa shape index (κ2) is 5.73. The lowest BCUT2D eigenvalue weighted by Gasteiger charge is -2.21. The van der Waals surface area contributed by atoms with E-state index in [1.54, 1.807) is 12.1 Å². The smallest absolute Gasteiger partial charge is 0.349 e. The van der Waals surface area contributed by atoms with Gasteiger partial charge in [-0.1, -0.05) is 0 Å². The lowest BCUT2D eigenvalue weighted by Crippen LogP contribution is -2.35. The molecule has 0 radical (unpaired) electrons. The van der Waals surface area contributed by atoms with Crippen molar-refractivity contribution in [3.63, 3.8) is 0 Å². The Bertz CT molecular complexity index is 395. The van der Waals surface area contributed by atoms with Crippen molar-refractivity contribution >= 4 is 5.82 Å². The summed E-state index contributed by atoms with van der Waals surface area (Å²) in [4.78, 5) is 1.02. The molecule has 7 heteroatoms. The maximum atomic E-state index is 12.2. The molecular formula is C12H19F3N4. The first-order valence-electron chi connectivity index (χ1n) is 5.92. The van der Waals surface area contributed by atoms with Gasteiger partial charge in [-0.05, 0) is 32.9 Å². The normalized spacial score (nSPS) is 12.6. The van der Waals surface area contributed by atoms with Gasteiger partial charge in [0, 0.05) is 19.1 Å². The van der Waals surface area contributed by atoms with E-state index in [4.69, 9.17) is 0 Å². The minimum absolute atomic E-state index is 0.0482. The molecule has 0 amide bonds. The molecule has 0 aliphatic carbocycles. The molecule has 0 saturated carbocycles. The number of nitrogens with one attached hydrogen (secondary N) is 1. The standard InChI is InChI=1S/C12H19F3N4/c1-11(2,3)16-7-9-5-6-10(18-17-9)19(4)8-12(13,14)15/h5-6,16H,7-8H2,1-4H3. The van der Waals surface area contributed by atoms with Gasteiger partial charge in [-0.3, -0.25) is 0 Å². The van der Waals surface area contributed by atoms with Crippen molar-refractivity contribution in [2.24, 2.45) is 0 Å². The quantitative estimate of drug-likeness (QED) is 0.916. The Morgan fingerprint density at radius 2 is 1.79 bits per heavy atom. The molecule has 0 bridgehead atoms. The zero-order chi connectivity index (χ0) is 14.7. The monoisotopic (exact) mass is 276 g/mol. The van der Waals surface area contributed by atoms with Gasteiger partial charge < -0.3 is 10.2 Å². The third-order valence-electron chi connectivity index (χ3n) is 2.31. The molecule has 1 aromatic rings. The van der Waals surface area contributed by atoms with Gasteiger partial charge >= 0.3 is 6.18 Å². The fraction of sp³-hybridized carbons (Fsp3) is 0.667. The molecule has 19 heavy (non-hydrogen) atoms. The van der Waals surface area contributed by atoms with Crippen molar-refractivity contribution in [3.8, 4) is 0 Å². The molecule has 0 atom stereocenters. The molecule has 0 saturated heterocycles. The summed E-state index contributed by atoms with van der Waals surface area (Å²) < 4.78 is 36.7. The van der Waals surface area contributed by atoms with Gasteiger partial charge in [-0.15, -0.1) is 5.10 Å². The minimum Gasteiger partial charge on any atom is -0.349 e. The molecule has 1 rings (SSSR count). The molecular weight excluding hydrogens is 257 g/mol. The molecule has 0 aliphatic heterocycles. The third kappa shape index (κ3) is 6.37. The second-order valence-corrected chi connectivity index (χ2v) is 5.46. The van der Waals surface area contributed by atoms with E-state index >= 15 is 0 Å². The SMILES string of the molecule is CN(CC(F)(F)F)c1ccc(CNC(C)(C)C)nn1. The Kier molecular flexibility index (Phi) is 4.73. The fourth-order valence-electron chi connectivity index (χ4n) is 1.36. The van der Waals surface area contributed by atoms with E-state index < -0.39 is 12.7 Å². The van der Waals surface area contributed by atoms with Gasteiger partial charge in [0.25, 0.3) is 0 Å². The average Bonchev–Trinajstić information content (AvgIpc) is 2.23. The Balaban J connectivity index is 2.61. The highest BCUT2D eigenvalue weighted by Crippen LogP contribution is 2.18. The molecule has 0 aliphatic rings. The number of anilines is 1. The van der Waals surface area contributed by atoms with Gasteiger partial charge in [-0.25, -0.2) is 0 Å². The summed E-state index contributed by atoms with van der Waals surface area (Å²) in [5, 5.41) is 10.9. The molecule has 108 valence electrons. The zero-order valence-electron chi connectivity index (χ0n) is 11.5. The summed E-state index contributed by atoms with van der Waals surface area (Å²) in [6.07, 6.45) is -4.25. The van der Waals surface area contributed by atoms with E-state index in [9.17, 15) is 13.2 Å². The molecule has 0 fully saturated rings. The van der Waals surface area contributed by atoms with Crippen molar-refractivity contribution < 1.29 is 13.2 Å². The number of alkyl halides is 3. The van der Waals surface area contributed by atoms with Crippen molar-refractivity contribution in [1.82, 2.24) is 15.5 Å². The van der Waals surface area contributed by atoms with Crippen LogP contribution in [0, 0.1) is 0 Å². The Morgan fingerprint density at radius 1 is 1.16 bits per heavy atom. The number of aromatic nitrogens is 2. The summed E-state index contributed by atoms with van der Waals surface area (Å²) in [5.41, 5.74) is 0.645. The van der Waals surface area contributed by atoms with Gasteiger partial charge in [0.1, 0.15) is 6.54 Å². The lowest BCUT2D eigenvalue weighted by atomic mass is 10.1. The number of halogens is 3. The molecule has 1 N–H and O–H groups in total. The van der Waals surface area contributed by atoms with E-state index in [1.165, 1.54) is 7.05 Å². The lowest BCUT2D eigenvalue weighted by molar-refractivity contribution is -0.119. The average molecular weight is 276 g/mol. The molecule has 0 aromatic carbocycles. The van der Waals surface area contributed by atoms with Crippen LogP contribution in [0.3, 0.4) is 0 Å². The number of nitrogens with zero attached hydrogens (tertiary/aromatic N) is 3. The Hall–Kier alpha value is -1.37. The topological polar surface area (TPSA) is 41.0 Å². The largest absolute Gasteiger partial charge is 0.405 e. The highest BCUT2D eigenvalue weighted by atomic mass is 19.4. The molecule has 0 unspecified atom stereocenters. The predicted molar refractivity (Wildman–Crippen MR) is 67.9 cm³/mol. The maximum Gasteiger partial charge on any atom is 0.405 e. The van der Waals surface area contributed by atoms with E-state index in [2.05, 4.69) is 15.5 Å². The highest BCUT2D eigenvalue weighted by Gasteiger charge is 2.29. The van der Waals surface area contributed by atoms with E-state index in [1.807, 2.05) is 20.8 Å². The third-order valence-corrected chi connectivity index (χ3v) is 2.31. The van der Waals surface area contributed by atoms with Crippen molar-refractivity contribution in [3.05, 3.63) is 17.8 Å². The Morgan fingerprint density at radius 3 is 2.21 bits per heavy atom. The maximum absolute atomic E-state index is 12.2. The summed E-state index contributed by atoms with van der Waals surface area (Å²) in [5.74, 6) is 0.205. The highest BCUT2D eigenvalue weighted by molar-refractivity contribution is 5.36. The van der Waals surface area contributed by atoms with E-state index in [0.717, 1.165) is 4.90 Å². The number of rotatable bonds is 4. The molecule has 0 spiro atoms. The van der Waals surface area contributed by atoms with Crippen LogP contribution in [0.25, 0.3) is 0 Å². The second-order valence-electron chi connectivity index (χ2n) is 5.46. The molecule has 4 nitrogen and oxygen atoms in total. The fourth-order valence-corrected chi connectivity index (χ4v) is 1.36. The van der Waals surface area contributed by atoms with Gasteiger partial charge in [0.2, 0.25) is 0 Å². The van der Waals surface area contributed by atoms with Crippen LogP contribution >= 0.6 is 0 Å². The molecule has 1 heterocycles. The predicted octanol–water partition coefficient (Wildman–Crippen LogP) is 2.36. The van der Waals surface area contributed by atoms with Crippen LogP contribution in [-0.2, 0) is 6.54 Å². The van der Waals surface area contributed by atoms with Crippen LogP contribution in [0.2, 0.25) is 0 Å². The van der Waals surface area contributed by atoms with Crippen LogP contribution < -0.4 is 10.2 Å². The molecule has 1 aromatic heterocycles. The van der Waals surface area contributed by atoms with Crippen LogP contribution in [0.15, 0.2) is 12.1 Å². The van der Waals surface area contributed by atoms with E-state index in [0.29, 0.717) is 12.2 Å². The van der Waals surface area contributed by atoms with Crippen molar-refractivity contribution in [1.29, 1.82) is 0 Å². The number of hydrogen-bond acceptors (Lipinski definition) is 4.